The Morgan fingerprint density at radius 3 is 3.04 bits per heavy atom. The van der Waals surface area contributed by atoms with Crippen LogP contribution in [-0.4, -0.2) is 21.1 Å². The molecule has 1 amide bonds. The lowest BCUT2D eigenvalue weighted by Crippen LogP contribution is -2.29. The van der Waals surface area contributed by atoms with Crippen molar-refractivity contribution in [1.29, 1.82) is 0 Å². The molecule has 0 atom stereocenters. The van der Waals surface area contributed by atoms with Crippen LogP contribution < -0.4 is 10.1 Å². The van der Waals surface area contributed by atoms with Crippen molar-refractivity contribution in [3.8, 4) is 5.75 Å². The quantitative estimate of drug-likeness (QED) is 0.722. The van der Waals surface area contributed by atoms with Gasteiger partial charge in [0.2, 0.25) is 5.91 Å². The number of hydrogen-bond donors (Lipinski definition) is 2. The number of carbonyl (C=O) groups is 1. The monoisotopic (exact) mass is 342 g/mol. The fourth-order valence-corrected chi connectivity index (χ4v) is 3.00. The summed E-state index contributed by atoms with van der Waals surface area (Å²) in [6, 6.07) is 7.96. The smallest absolute Gasteiger partial charge is 0.226 e. The van der Waals surface area contributed by atoms with E-state index in [1.807, 2.05) is 25.1 Å². The number of hydrogen-bond acceptors (Lipinski definition) is 5. The normalized spacial score (nSPS) is 15.4. The molecule has 4 rings (SSSR count). The molecule has 0 bridgehead atoms. The van der Waals surface area contributed by atoms with Gasteiger partial charge in [-0.2, -0.15) is 0 Å². The predicted octanol–water partition coefficient (Wildman–Crippen LogP) is 3.01. The lowest BCUT2D eigenvalue weighted by Gasteiger charge is -2.08. The molecule has 2 aromatic heterocycles. The topological polar surface area (TPSA) is 79.9 Å². The van der Waals surface area contributed by atoms with Gasteiger partial charge in [0.15, 0.2) is 5.01 Å². The van der Waals surface area contributed by atoms with Crippen LogP contribution in [0.2, 0.25) is 0 Å². The third kappa shape index (κ3) is 3.12. The van der Waals surface area contributed by atoms with Crippen LogP contribution in [0.1, 0.15) is 30.5 Å². The van der Waals surface area contributed by atoms with Crippen LogP contribution in [0.5, 0.6) is 5.75 Å². The molecule has 6 nitrogen and oxygen atoms in total. The van der Waals surface area contributed by atoms with Crippen LogP contribution in [0.3, 0.4) is 0 Å². The maximum absolute atomic E-state index is 12.0. The molecule has 1 saturated carbocycles. The van der Waals surface area contributed by atoms with Crippen molar-refractivity contribution in [2.45, 2.75) is 32.9 Å². The third-order valence-electron chi connectivity index (χ3n) is 4.40. The molecule has 0 unspecified atom stereocenters. The molecular formula is C17H18N4O2S. The van der Waals surface area contributed by atoms with Crippen molar-refractivity contribution in [3.05, 3.63) is 40.5 Å². The molecule has 1 aliphatic carbocycles. The largest absolute Gasteiger partial charge is 0.486 e. The van der Waals surface area contributed by atoms with E-state index < -0.39 is 0 Å². The SMILES string of the molecule is CC1(C(=O)NCc2cc3ccc(OCc4nncs4)cc3[nH]2)CC1. The van der Waals surface area contributed by atoms with E-state index in [4.69, 9.17) is 4.74 Å². The minimum atomic E-state index is -0.141. The van der Waals surface area contributed by atoms with Gasteiger partial charge in [0, 0.05) is 22.7 Å². The number of H-pyrrole nitrogens is 1. The van der Waals surface area contributed by atoms with Gasteiger partial charge in [0.05, 0.1) is 6.54 Å². The molecule has 2 N–H and O–H groups in total. The highest BCUT2D eigenvalue weighted by atomic mass is 32.1. The number of benzene rings is 1. The number of fused-ring (bicyclic) bond motifs is 1. The Kier molecular flexibility index (Phi) is 3.72. The first-order valence-electron chi connectivity index (χ1n) is 7.90. The lowest BCUT2D eigenvalue weighted by molar-refractivity contribution is -0.125. The van der Waals surface area contributed by atoms with E-state index in [0.29, 0.717) is 13.2 Å². The average Bonchev–Trinajstić information content (AvgIpc) is 3.03. The number of aromatic amines is 1. The highest BCUT2D eigenvalue weighted by molar-refractivity contribution is 7.09. The second-order valence-electron chi connectivity index (χ2n) is 6.41. The second-order valence-corrected chi connectivity index (χ2v) is 7.33. The van der Waals surface area contributed by atoms with Crippen LogP contribution in [0, 0.1) is 5.41 Å². The maximum Gasteiger partial charge on any atom is 0.226 e. The molecule has 0 radical (unpaired) electrons. The summed E-state index contributed by atoms with van der Waals surface area (Å²) in [6.45, 7) is 2.94. The molecule has 1 aromatic carbocycles. The first-order valence-corrected chi connectivity index (χ1v) is 8.78. The highest BCUT2D eigenvalue weighted by Gasteiger charge is 2.44. The summed E-state index contributed by atoms with van der Waals surface area (Å²) in [5, 5.41) is 12.7. The van der Waals surface area contributed by atoms with E-state index in [-0.39, 0.29) is 11.3 Å². The van der Waals surface area contributed by atoms with Crippen LogP contribution in [0.25, 0.3) is 10.9 Å². The molecule has 1 fully saturated rings. The summed E-state index contributed by atoms with van der Waals surface area (Å²) in [5.74, 6) is 0.919. The Labute approximate surface area is 143 Å². The second kappa shape index (κ2) is 5.90. The van der Waals surface area contributed by atoms with E-state index in [2.05, 4.69) is 26.6 Å². The molecule has 3 aromatic rings. The van der Waals surface area contributed by atoms with Crippen molar-refractivity contribution >= 4 is 28.1 Å². The molecule has 124 valence electrons. The van der Waals surface area contributed by atoms with E-state index in [1.165, 1.54) is 11.3 Å². The summed E-state index contributed by atoms with van der Waals surface area (Å²) < 4.78 is 5.74. The number of nitrogens with one attached hydrogen (secondary N) is 2. The van der Waals surface area contributed by atoms with Gasteiger partial charge in [-0.25, -0.2) is 0 Å². The zero-order valence-electron chi connectivity index (χ0n) is 13.3. The van der Waals surface area contributed by atoms with Gasteiger partial charge in [-0.3, -0.25) is 4.79 Å². The average molecular weight is 342 g/mol. The van der Waals surface area contributed by atoms with Crippen LogP contribution in [0.15, 0.2) is 29.8 Å². The zero-order valence-corrected chi connectivity index (χ0v) is 14.2. The number of carbonyl (C=O) groups excluding carboxylic acids is 1. The van der Waals surface area contributed by atoms with E-state index in [9.17, 15) is 4.79 Å². The summed E-state index contributed by atoms with van der Waals surface area (Å²) >= 11 is 1.47. The molecule has 7 heteroatoms. The molecule has 0 spiro atoms. The minimum absolute atomic E-state index is 0.141. The van der Waals surface area contributed by atoms with Gasteiger partial charge in [0.1, 0.15) is 17.9 Å². The molecule has 2 heterocycles. The minimum Gasteiger partial charge on any atom is -0.486 e. The Balaban J connectivity index is 1.42. The van der Waals surface area contributed by atoms with Crippen molar-refractivity contribution in [2.24, 2.45) is 5.41 Å². The predicted molar refractivity (Wildman–Crippen MR) is 91.7 cm³/mol. The first kappa shape index (κ1) is 15.1. The van der Waals surface area contributed by atoms with Gasteiger partial charge in [0.25, 0.3) is 0 Å². The Bertz CT molecular complexity index is 868. The molecular weight excluding hydrogens is 324 g/mol. The van der Waals surface area contributed by atoms with Gasteiger partial charge >= 0.3 is 0 Å². The number of ether oxygens (including phenoxy) is 1. The van der Waals surface area contributed by atoms with Gasteiger partial charge in [-0.1, -0.05) is 6.92 Å². The van der Waals surface area contributed by atoms with Crippen molar-refractivity contribution in [2.75, 3.05) is 0 Å². The summed E-state index contributed by atoms with van der Waals surface area (Å²) in [6.07, 6.45) is 1.97. The number of rotatable bonds is 6. The van der Waals surface area contributed by atoms with Crippen molar-refractivity contribution in [1.82, 2.24) is 20.5 Å². The number of nitrogens with zero attached hydrogens (tertiary/aromatic N) is 2. The Morgan fingerprint density at radius 2 is 2.29 bits per heavy atom. The number of aromatic nitrogens is 3. The first-order chi connectivity index (χ1) is 11.6. The molecule has 0 saturated heterocycles. The van der Waals surface area contributed by atoms with Crippen LogP contribution in [0.4, 0.5) is 0 Å². The van der Waals surface area contributed by atoms with Gasteiger partial charge in [-0.05, 0) is 36.4 Å². The Hall–Kier alpha value is -2.41. The summed E-state index contributed by atoms with van der Waals surface area (Å²) in [7, 11) is 0. The fraction of sp³-hybridized carbons (Fsp3) is 0.353. The number of amides is 1. The maximum atomic E-state index is 12.0. The lowest BCUT2D eigenvalue weighted by atomic mass is 10.1. The fourth-order valence-electron chi connectivity index (χ4n) is 2.56. The standard InChI is InChI=1S/C17H18N4O2S/c1-17(4-5-17)16(22)18-8-12-6-11-2-3-13(7-14(11)20-12)23-9-15-21-19-10-24-15/h2-3,6-7,10,20H,4-5,8-9H2,1H3,(H,18,22). The summed E-state index contributed by atoms with van der Waals surface area (Å²) in [5.41, 5.74) is 3.53. The van der Waals surface area contributed by atoms with Crippen LogP contribution in [-0.2, 0) is 17.9 Å². The summed E-state index contributed by atoms with van der Waals surface area (Å²) in [4.78, 5) is 15.3. The van der Waals surface area contributed by atoms with Gasteiger partial charge in [-0.15, -0.1) is 21.5 Å². The van der Waals surface area contributed by atoms with E-state index >= 15 is 0 Å². The molecule has 1 aliphatic rings. The van der Waals surface area contributed by atoms with Gasteiger partial charge < -0.3 is 15.0 Å². The molecule has 0 aliphatic heterocycles. The van der Waals surface area contributed by atoms with E-state index in [0.717, 1.165) is 40.2 Å². The Morgan fingerprint density at radius 1 is 1.42 bits per heavy atom. The molecule has 24 heavy (non-hydrogen) atoms. The zero-order chi connectivity index (χ0) is 16.6. The van der Waals surface area contributed by atoms with Crippen molar-refractivity contribution in [3.63, 3.8) is 0 Å². The highest BCUT2D eigenvalue weighted by Crippen LogP contribution is 2.45. The van der Waals surface area contributed by atoms with Crippen molar-refractivity contribution < 1.29 is 9.53 Å². The third-order valence-corrected chi connectivity index (χ3v) is 5.08. The van der Waals surface area contributed by atoms with E-state index in [1.54, 1.807) is 5.51 Å². The van der Waals surface area contributed by atoms with Crippen LogP contribution >= 0.6 is 11.3 Å².